The van der Waals surface area contributed by atoms with Crippen molar-refractivity contribution in [2.45, 2.75) is 13.3 Å². The van der Waals surface area contributed by atoms with E-state index in [0.29, 0.717) is 18.8 Å². The predicted octanol–water partition coefficient (Wildman–Crippen LogP) is 3.22. The van der Waals surface area contributed by atoms with Crippen molar-refractivity contribution in [3.05, 3.63) is 59.6 Å². The fourth-order valence-corrected chi connectivity index (χ4v) is 2.14. The molecule has 1 unspecified atom stereocenters. The largest absolute Gasteiger partial charge is 0.508 e. The molecule has 0 aliphatic heterocycles. The molecule has 3 N–H and O–H groups in total. The molecule has 0 saturated heterocycles. The molecule has 116 valence electrons. The van der Waals surface area contributed by atoms with Gasteiger partial charge in [0.2, 0.25) is 0 Å². The number of hydrogen-bond donors (Lipinski definition) is 3. The summed E-state index contributed by atoms with van der Waals surface area (Å²) >= 11 is 0. The number of phenolic OH excluding ortho intramolecular Hbond substituents is 2. The van der Waals surface area contributed by atoms with E-state index in [1.54, 1.807) is 12.2 Å². The lowest BCUT2D eigenvalue weighted by Crippen LogP contribution is -2.06. The second kappa shape index (κ2) is 6.85. The third-order valence-electron chi connectivity index (χ3n) is 3.25. The monoisotopic (exact) mass is 302 g/mol. The second-order valence-electron chi connectivity index (χ2n) is 4.90. The summed E-state index contributed by atoms with van der Waals surface area (Å²) in [5.41, 5.74) is 0.0332. The van der Waals surface area contributed by atoms with E-state index in [0.717, 1.165) is 0 Å². The number of allylic oxidation sites excluding steroid dienone is 5. The van der Waals surface area contributed by atoms with Gasteiger partial charge in [-0.3, -0.25) is 4.79 Å². The van der Waals surface area contributed by atoms with E-state index in [1.807, 2.05) is 13.0 Å². The lowest BCUT2D eigenvalue weighted by Gasteiger charge is -2.16. The number of hydrogen-bond acceptors (Lipinski definition) is 5. The van der Waals surface area contributed by atoms with E-state index in [2.05, 4.69) is 0 Å². The Morgan fingerprint density at radius 3 is 2.82 bits per heavy atom. The molecule has 0 saturated carbocycles. The normalized spacial score (nSPS) is 18.0. The Kier molecular flexibility index (Phi) is 4.88. The molecule has 22 heavy (non-hydrogen) atoms. The van der Waals surface area contributed by atoms with E-state index in [9.17, 15) is 20.1 Å². The Bertz CT molecular complexity index is 655. The molecule has 1 aromatic rings. The zero-order valence-corrected chi connectivity index (χ0v) is 12.2. The van der Waals surface area contributed by atoms with Gasteiger partial charge in [-0.25, -0.2) is 0 Å². The predicted molar refractivity (Wildman–Crippen MR) is 81.8 cm³/mol. The SMILES string of the molecule is CCOC1=C(O)CC(C=CC(=O)c2cc(O)ccc2O)C=C1. The fourth-order valence-electron chi connectivity index (χ4n) is 2.14. The van der Waals surface area contributed by atoms with Crippen molar-refractivity contribution in [2.75, 3.05) is 6.61 Å². The second-order valence-corrected chi connectivity index (χ2v) is 4.90. The zero-order valence-electron chi connectivity index (χ0n) is 12.2. The lowest BCUT2D eigenvalue weighted by atomic mass is 9.97. The molecule has 1 aliphatic rings. The first-order valence-corrected chi connectivity index (χ1v) is 6.99. The number of ketones is 1. The van der Waals surface area contributed by atoms with Crippen LogP contribution in [0, 0.1) is 5.92 Å². The van der Waals surface area contributed by atoms with Gasteiger partial charge in [-0.05, 0) is 37.3 Å². The number of phenols is 2. The summed E-state index contributed by atoms with van der Waals surface area (Å²) in [4.78, 5) is 12.0. The highest BCUT2D eigenvalue weighted by Crippen LogP contribution is 2.25. The maximum atomic E-state index is 12.0. The molecule has 2 rings (SSSR count). The summed E-state index contributed by atoms with van der Waals surface area (Å²) in [6.45, 7) is 2.31. The van der Waals surface area contributed by atoms with Gasteiger partial charge < -0.3 is 20.1 Å². The van der Waals surface area contributed by atoms with E-state index < -0.39 is 5.78 Å². The van der Waals surface area contributed by atoms with Crippen LogP contribution in [0.2, 0.25) is 0 Å². The number of aliphatic hydroxyl groups is 1. The van der Waals surface area contributed by atoms with Gasteiger partial charge in [0.25, 0.3) is 0 Å². The van der Waals surface area contributed by atoms with Crippen LogP contribution in [0.4, 0.5) is 0 Å². The molecule has 0 fully saturated rings. The number of ether oxygens (including phenoxy) is 1. The van der Waals surface area contributed by atoms with Crippen LogP contribution in [0.3, 0.4) is 0 Å². The Labute approximate surface area is 128 Å². The molecule has 0 radical (unpaired) electrons. The number of aromatic hydroxyl groups is 2. The van der Waals surface area contributed by atoms with E-state index >= 15 is 0 Å². The highest BCUT2D eigenvalue weighted by molar-refractivity contribution is 6.06. The molecule has 0 spiro atoms. The van der Waals surface area contributed by atoms with E-state index in [-0.39, 0.29) is 28.7 Å². The first kappa shape index (κ1) is 15.7. The zero-order chi connectivity index (χ0) is 16.1. The Morgan fingerprint density at radius 1 is 1.36 bits per heavy atom. The van der Waals surface area contributed by atoms with Crippen molar-refractivity contribution in [1.29, 1.82) is 0 Å². The van der Waals surface area contributed by atoms with Gasteiger partial charge >= 0.3 is 0 Å². The summed E-state index contributed by atoms with van der Waals surface area (Å²) in [7, 11) is 0. The number of rotatable bonds is 5. The molecule has 0 bridgehead atoms. The first-order valence-electron chi connectivity index (χ1n) is 6.99. The third-order valence-corrected chi connectivity index (χ3v) is 3.25. The van der Waals surface area contributed by atoms with Crippen LogP contribution in [-0.2, 0) is 4.74 Å². The number of aliphatic hydroxyl groups excluding tert-OH is 1. The third kappa shape index (κ3) is 3.69. The quantitative estimate of drug-likeness (QED) is 0.441. The Morgan fingerprint density at radius 2 is 2.14 bits per heavy atom. The average molecular weight is 302 g/mol. The number of carbonyl (C=O) groups excluding carboxylic acids is 1. The molecule has 1 aliphatic carbocycles. The average Bonchev–Trinajstić information content (AvgIpc) is 2.50. The minimum atomic E-state index is -0.416. The first-order chi connectivity index (χ1) is 10.5. The van der Waals surface area contributed by atoms with Gasteiger partial charge in [-0.2, -0.15) is 0 Å². The van der Waals surface area contributed by atoms with E-state index in [4.69, 9.17) is 4.74 Å². The van der Waals surface area contributed by atoms with Gasteiger partial charge in [0.15, 0.2) is 11.5 Å². The van der Waals surface area contributed by atoms with Crippen LogP contribution in [0.5, 0.6) is 11.5 Å². The summed E-state index contributed by atoms with van der Waals surface area (Å²) in [5.74, 6) is -0.230. The maximum Gasteiger partial charge on any atom is 0.189 e. The van der Waals surface area contributed by atoms with Crippen molar-refractivity contribution in [1.82, 2.24) is 0 Å². The molecule has 1 aromatic carbocycles. The number of benzene rings is 1. The van der Waals surface area contributed by atoms with Gasteiger partial charge in [0.05, 0.1) is 12.2 Å². The summed E-state index contributed by atoms with van der Waals surface area (Å²) in [6.07, 6.45) is 6.82. The van der Waals surface area contributed by atoms with Crippen molar-refractivity contribution >= 4 is 5.78 Å². The minimum Gasteiger partial charge on any atom is -0.508 e. The molecule has 0 aromatic heterocycles. The summed E-state index contributed by atoms with van der Waals surface area (Å²) in [6, 6.07) is 3.78. The fraction of sp³-hybridized carbons (Fsp3) is 0.235. The highest BCUT2D eigenvalue weighted by Gasteiger charge is 2.15. The van der Waals surface area contributed by atoms with Crippen LogP contribution < -0.4 is 0 Å². The molecule has 5 nitrogen and oxygen atoms in total. The van der Waals surface area contributed by atoms with Crippen LogP contribution in [0.1, 0.15) is 23.7 Å². The molecular formula is C17H18O5. The van der Waals surface area contributed by atoms with Gasteiger partial charge in [0, 0.05) is 12.3 Å². The molecule has 0 amide bonds. The van der Waals surface area contributed by atoms with Crippen LogP contribution in [0.25, 0.3) is 0 Å². The Balaban J connectivity index is 2.06. The molecule has 5 heteroatoms. The number of carbonyl (C=O) groups is 1. The smallest absolute Gasteiger partial charge is 0.189 e. The van der Waals surface area contributed by atoms with Crippen LogP contribution in [0.15, 0.2) is 54.0 Å². The maximum absolute atomic E-state index is 12.0. The standard InChI is InChI=1S/C17H18O5/c1-2-22-17-8-4-11(9-16(17)21)3-6-14(19)13-10-12(18)5-7-15(13)20/h3-8,10-11,18,20-21H,2,9H2,1H3. The van der Waals surface area contributed by atoms with E-state index in [1.165, 1.54) is 24.3 Å². The molecule has 1 atom stereocenters. The van der Waals surface area contributed by atoms with Crippen molar-refractivity contribution in [3.8, 4) is 11.5 Å². The topological polar surface area (TPSA) is 87.0 Å². The lowest BCUT2D eigenvalue weighted by molar-refractivity contribution is 0.104. The van der Waals surface area contributed by atoms with Gasteiger partial charge in [-0.1, -0.05) is 12.2 Å². The van der Waals surface area contributed by atoms with Crippen molar-refractivity contribution < 1.29 is 24.9 Å². The molecule has 0 heterocycles. The minimum absolute atomic E-state index is 0.0332. The van der Waals surface area contributed by atoms with Crippen LogP contribution >= 0.6 is 0 Å². The van der Waals surface area contributed by atoms with Crippen molar-refractivity contribution in [3.63, 3.8) is 0 Å². The van der Waals surface area contributed by atoms with Crippen LogP contribution in [-0.4, -0.2) is 27.7 Å². The summed E-state index contributed by atoms with van der Waals surface area (Å²) in [5, 5.41) is 28.8. The highest BCUT2D eigenvalue weighted by atomic mass is 16.5. The molecular weight excluding hydrogens is 284 g/mol. The van der Waals surface area contributed by atoms with Crippen molar-refractivity contribution in [2.24, 2.45) is 5.92 Å². The van der Waals surface area contributed by atoms with Gasteiger partial charge in [0.1, 0.15) is 17.3 Å². The van der Waals surface area contributed by atoms with Gasteiger partial charge in [-0.15, -0.1) is 0 Å². The summed E-state index contributed by atoms with van der Waals surface area (Å²) < 4.78 is 5.26. The Hall–Kier alpha value is -2.69.